The molecule has 0 amide bonds. The van der Waals surface area contributed by atoms with Crippen molar-refractivity contribution in [2.45, 2.75) is 101 Å². The lowest BCUT2D eigenvalue weighted by Gasteiger charge is -2.57. The first-order valence-corrected chi connectivity index (χ1v) is 19.8. The summed E-state index contributed by atoms with van der Waals surface area (Å²) in [5.41, 5.74) is 15.4. The predicted molar refractivity (Wildman–Crippen MR) is 210 cm³/mol. The van der Waals surface area contributed by atoms with Crippen molar-refractivity contribution < 1.29 is 0 Å². The van der Waals surface area contributed by atoms with E-state index in [0.29, 0.717) is 11.3 Å². The van der Waals surface area contributed by atoms with E-state index < -0.39 is 0 Å². The van der Waals surface area contributed by atoms with Crippen LogP contribution in [0.15, 0.2) is 115 Å². The summed E-state index contributed by atoms with van der Waals surface area (Å²) < 4.78 is 0. The molecule has 1 nitrogen and oxygen atoms in total. The maximum Gasteiger partial charge on any atom is 0.0465 e. The topological polar surface area (TPSA) is 3.24 Å². The smallest absolute Gasteiger partial charge is 0.0465 e. The Kier molecular flexibility index (Phi) is 7.20. The van der Waals surface area contributed by atoms with Gasteiger partial charge >= 0.3 is 0 Å². The molecular weight excluding hydrogens is 603 g/mol. The Balaban J connectivity index is 1.05. The van der Waals surface area contributed by atoms with Crippen molar-refractivity contribution >= 4 is 17.1 Å². The van der Waals surface area contributed by atoms with E-state index in [1.165, 1.54) is 127 Å². The molecule has 5 aromatic carbocycles. The molecule has 6 aliphatic carbocycles. The van der Waals surface area contributed by atoms with Crippen molar-refractivity contribution in [3.63, 3.8) is 0 Å². The van der Waals surface area contributed by atoms with Crippen LogP contribution in [-0.4, -0.2) is 0 Å². The second-order valence-electron chi connectivity index (χ2n) is 17.5. The zero-order valence-corrected chi connectivity index (χ0v) is 30.0. The minimum absolute atomic E-state index is 0.119. The third-order valence-electron chi connectivity index (χ3n) is 14.0. The van der Waals surface area contributed by atoms with Crippen LogP contribution in [0.4, 0.5) is 17.1 Å². The molecule has 252 valence electrons. The third kappa shape index (κ3) is 4.94. The van der Waals surface area contributed by atoms with Crippen LogP contribution in [0.2, 0.25) is 0 Å². The Labute approximate surface area is 299 Å². The molecule has 0 radical (unpaired) electrons. The van der Waals surface area contributed by atoms with Gasteiger partial charge in [0.2, 0.25) is 0 Å². The van der Waals surface area contributed by atoms with E-state index in [0.717, 1.165) is 17.8 Å². The van der Waals surface area contributed by atoms with Gasteiger partial charge in [0, 0.05) is 22.5 Å². The van der Waals surface area contributed by atoms with Crippen LogP contribution in [0.1, 0.15) is 113 Å². The number of benzene rings is 5. The Morgan fingerprint density at radius 1 is 0.540 bits per heavy atom. The summed E-state index contributed by atoms with van der Waals surface area (Å²) in [5, 5.41) is 0. The fourth-order valence-electron chi connectivity index (χ4n) is 12.1. The van der Waals surface area contributed by atoms with Gasteiger partial charge in [0.05, 0.1) is 0 Å². The Bertz CT molecular complexity index is 1990. The molecule has 0 aromatic heterocycles. The number of rotatable bonds is 6. The number of hydrogen-bond donors (Lipinski definition) is 0. The maximum atomic E-state index is 2.53. The van der Waals surface area contributed by atoms with Crippen LogP contribution in [0.5, 0.6) is 0 Å². The van der Waals surface area contributed by atoms with Crippen molar-refractivity contribution in [2.24, 2.45) is 17.8 Å². The first kappa shape index (κ1) is 30.7. The number of fused-ring (bicyclic) bond motifs is 3. The Morgan fingerprint density at radius 2 is 1.14 bits per heavy atom. The maximum absolute atomic E-state index is 2.53. The molecule has 50 heavy (non-hydrogen) atoms. The summed E-state index contributed by atoms with van der Waals surface area (Å²) in [6.45, 7) is 4.86. The Morgan fingerprint density at radius 3 is 1.80 bits per heavy atom. The van der Waals surface area contributed by atoms with Gasteiger partial charge in [0.25, 0.3) is 0 Å². The molecule has 1 heteroatoms. The quantitative estimate of drug-likeness (QED) is 0.176. The largest absolute Gasteiger partial charge is 0.310 e. The molecule has 4 bridgehead atoms. The van der Waals surface area contributed by atoms with Crippen LogP contribution in [0.25, 0.3) is 22.3 Å². The highest BCUT2D eigenvalue weighted by Gasteiger charge is 2.51. The molecule has 5 fully saturated rings. The fraction of sp³-hybridized carbons (Fsp3) is 0.388. The summed E-state index contributed by atoms with van der Waals surface area (Å²) in [4.78, 5) is 2.53. The van der Waals surface area contributed by atoms with Crippen LogP contribution in [0, 0.1) is 17.8 Å². The molecule has 0 saturated heterocycles. The zero-order chi connectivity index (χ0) is 33.5. The third-order valence-corrected chi connectivity index (χ3v) is 14.0. The first-order chi connectivity index (χ1) is 24.4. The van der Waals surface area contributed by atoms with Gasteiger partial charge in [-0.3, -0.25) is 0 Å². The molecule has 0 aliphatic heterocycles. The van der Waals surface area contributed by atoms with Crippen LogP contribution < -0.4 is 4.90 Å². The van der Waals surface area contributed by atoms with E-state index in [2.05, 4.69) is 134 Å². The van der Waals surface area contributed by atoms with Gasteiger partial charge in [-0.2, -0.15) is 0 Å². The molecule has 0 atom stereocenters. The average molecular weight is 654 g/mol. The molecule has 0 unspecified atom stereocenters. The standard InChI is InChI=1S/C49H51N/c1-48(2)46-29-42(24-25-44(46)45-15-9-14-43(47(45)48)38-12-7-4-8-13-38)50(40-20-16-37(17-21-40)36-10-5-3-6-11-36)41-22-18-39(19-23-41)49-30-33-26-34(31-49)28-35(27-33)32-49/h4,7-9,12-25,29,33-36H,3,5-6,10-11,26-28,30-32H2,1-2H3. The van der Waals surface area contributed by atoms with E-state index >= 15 is 0 Å². The number of hydrogen-bond acceptors (Lipinski definition) is 1. The predicted octanol–water partition coefficient (Wildman–Crippen LogP) is 13.6. The van der Waals surface area contributed by atoms with Crippen LogP contribution in [-0.2, 0) is 10.8 Å². The average Bonchev–Trinajstić information content (AvgIpc) is 3.38. The minimum atomic E-state index is -0.119. The van der Waals surface area contributed by atoms with Crippen molar-refractivity contribution in [1.82, 2.24) is 0 Å². The molecule has 5 saturated carbocycles. The molecule has 0 spiro atoms. The van der Waals surface area contributed by atoms with Gasteiger partial charge < -0.3 is 4.90 Å². The van der Waals surface area contributed by atoms with E-state index in [1.54, 1.807) is 5.56 Å². The van der Waals surface area contributed by atoms with Crippen molar-refractivity contribution in [1.29, 1.82) is 0 Å². The summed E-state index contributed by atoms with van der Waals surface area (Å²) in [6, 6.07) is 44.7. The van der Waals surface area contributed by atoms with Gasteiger partial charge in [-0.05, 0) is 161 Å². The van der Waals surface area contributed by atoms with Crippen molar-refractivity contribution in [2.75, 3.05) is 4.90 Å². The van der Waals surface area contributed by atoms with E-state index in [-0.39, 0.29) is 5.41 Å². The molecule has 0 N–H and O–H groups in total. The van der Waals surface area contributed by atoms with Crippen molar-refractivity contribution in [3.8, 4) is 22.3 Å². The Hall–Kier alpha value is -4.10. The van der Waals surface area contributed by atoms with Gasteiger partial charge in [-0.15, -0.1) is 0 Å². The van der Waals surface area contributed by atoms with Gasteiger partial charge in [0.15, 0.2) is 0 Å². The summed E-state index contributed by atoms with van der Waals surface area (Å²) >= 11 is 0. The number of anilines is 3. The van der Waals surface area contributed by atoms with Gasteiger partial charge in [0.1, 0.15) is 0 Å². The number of nitrogens with zero attached hydrogens (tertiary/aromatic N) is 1. The van der Waals surface area contributed by atoms with E-state index in [1.807, 2.05) is 0 Å². The van der Waals surface area contributed by atoms with E-state index in [9.17, 15) is 0 Å². The van der Waals surface area contributed by atoms with Crippen molar-refractivity contribution in [3.05, 3.63) is 138 Å². The van der Waals surface area contributed by atoms with E-state index in [4.69, 9.17) is 0 Å². The molecule has 6 aliphatic rings. The summed E-state index contributed by atoms with van der Waals surface area (Å²) in [6.07, 6.45) is 15.5. The van der Waals surface area contributed by atoms with Crippen LogP contribution >= 0.6 is 0 Å². The molecule has 5 aromatic rings. The lowest BCUT2D eigenvalue weighted by Crippen LogP contribution is -2.48. The highest BCUT2D eigenvalue weighted by atomic mass is 15.1. The second kappa shape index (κ2) is 11.7. The first-order valence-electron chi connectivity index (χ1n) is 19.8. The minimum Gasteiger partial charge on any atom is -0.310 e. The molecular formula is C49H51N. The SMILES string of the molecule is CC1(C)c2cc(N(c3ccc(C4CCCCC4)cc3)c3ccc(C45CC6CC(CC(C6)C4)C5)cc3)ccc2-c2cccc(-c3ccccc3)c21. The zero-order valence-electron chi connectivity index (χ0n) is 30.0. The van der Waals surface area contributed by atoms with Gasteiger partial charge in [-0.1, -0.05) is 112 Å². The summed E-state index contributed by atoms with van der Waals surface area (Å²) in [7, 11) is 0. The molecule has 0 heterocycles. The normalized spacial score (nSPS) is 26.1. The highest BCUT2D eigenvalue weighted by molar-refractivity contribution is 5.90. The molecule has 11 rings (SSSR count). The summed E-state index contributed by atoms with van der Waals surface area (Å²) in [5.74, 6) is 3.59. The lowest BCUT2D eigenvalue weighted by atomic mass is 9.48. The van der Waals surface area contributed by atoms with Gasteiger partial charge in [-0.25, -0.2) is 0 Å². The van der Waals surface area contributed by atoms with Crippen LogP contribution in [0.3, 0.4) is 0 Å². The second-order valence-corrected chi connectivity index (χ2v) is 17.5. The lowest BCUT2D eigenvalue weighted by molar-refractivity contribution is -0.00518. The highest BCUT2D eigenvalue weighted by Crippen LogP contribution is 2.61. The fourth-order valence-corrected chi connectivity index (χ4v) is 12.1. The monoisotopic (exact) mass is 653 g/mol.